The van der Waals surface area contributed by atoms with Crippen LogP contribution in [-0.2, 0) is 5.54 Å². The molecule has 1 aliphatic heterocycles. The molecule has 2 heterocycles. The van der Waals surface area contributed by atoms with Gasteiger partial charge in [-0.15, -0.1) is 11.3 Å². The predicted molar refractivity (Wildman–Crippen MR) is 72.0 cm³/mol. The molecular formula is C14H23NS. The van der Waals surface area contributed by atoms with E-state index in [0.717, 1.165) is 0 Å². The fourth-order valence-corrected chi connectivity index (χ4v) is 3.77. The van der Waals surface area contributed by atoms with E-state index < -0.39 is 0 Å². The highest BCUT2D eigenvalue weighted by molar-refractivity contribution is 7.10. The van der Waals surface area contributed by atoms with Crippen molar-refractivity contribution in [1.29, 1.82) is 0 Å². The van der Waals surface area contributed by atoms with Crippen molar-refractivity contribution in [3.8, 4) is 0 Å². The van der Waals surface area contributed by atoms with Crippen molar-refractivity contribution < 1.29 is 0 Å². The number of thiophene rings is 1. The molecule has 1 unspecified atom stereocenters. The molecule has 1 saturated heterocycles. The largest absolute Gasteiger partial charge is 0.307 e. The summed E-state index contributed by atoms with van der Waals surface area (Å²) in [6.45, 7) is 8.15. The monoisotopic (exact) mass is 237 g/mol. The van der Waals surface area contributed by atoms with E-state index in [4.69, 9.17) is 0 Å². The van der Waals surface area contributed by atoms with Gasteiger partial charge in [-0.25, -0.2) is 0 Å². The van der Waals surface area contributed by atoms with Crippen LogP contribution in [0.25, 0.3) is 0 Å². The fourth-order valence-electron chi connectivity index (χ4n) is 2.99. The lowest BCUT2D eigenvalue weighted by atomic mass is 9.77. The number of nitrogens with one attached hydrogen (secondary N) is 1. The van der Waals surface area contributed by atoms with Crippen molar-refractivity contribution in [3.63, 3.8) is 0 Å². The zero-order chi connectivity index (χ0) is 11.6. The summed E-state index contributed by atoms with van der Waals surface area (Å²) in [5, 5.41) is 6.08. The van der Waals surface area contributed by atoms with E-state index in [0.29, 0.717) is 5.92 Å². The summed E-state index contributed by atoms with van der Waals surface area (Å²) in [7, 11) is 0. The van der Waals surface area contributed by atoms with Crippen LogP contribution in [0.3, 0.4) is 0 Å². The second kappa shape index (κ2) is 4.89. The van der Waals surface area contributed by atoms with Crippen LogP contribution in [0.1, 0.15) is 50.0 Å². The number of aryl methyl sites for hydroxylation is 1. The van der Waals surface area contributed by atoms with Crippen molar-refractivity contribution in [2.24, 2.45) is 5.92 Å². The van der Waals surface area contributed by atoms with Crippen LogP contribution >= 0.6 is 11.3 Å². The molecule has 1 aromatic rings. The van der Waals surface area contributed by atoms with E-state index in [1.165, 1.54) is 37.1 Å². The Labute approximate surface area is 103 Å². The predicted octanol–water partition coefficient (Wildman–Crippen LogP) is 4.07. The Morgan fingerprint density at radius 1 is 1.31 bits per heavy atom. The highest BCUT2D eigenvalue weighted by Crippen LogP contribution is 2.39. The van der Waals surface area contributed by atoms with Crippen LogP contribution in [0.15, 0.2) is 11.4 Å². The molecule has 1 nitrogen and oxygen atoms in total. The minimum Gasteiger partial charge on any atom is -0.307 e. The second-order valence-electron chi connectivity index (χ2n) is 5.25. The number of rotatable bonds is 2. The van der Waals surface area contributed by atoms with Crippen molar-refractivity contribution in [1.82, 2.24) is 5.32 Å². The average molecular weight is 237 g/mol. The van der Waals surface area contributed by atoms with E-state index in [2.05, 4.69) is 37.5 Å². The van der Waals surface area contributed by atoms with Crippen LogP contribution in [0, 0.1) is 12.8 Å². The molecular weight excluding hydrogens is 214 g/mol. The third-order valence-electron chi connectivity index (χ3n) is 4.01. The van der Waals surface area contributed by atoms with Crippen LogP contribution in [0.4, 0.5) is 0 Å². The first-order valence-electron chi connectivity index (χ1n) is 6.46. The van der Waals surface area contributed by atoms with Gasteiger partial charge in [-0.1, -0.05) is 26.7 Å². The van der Waals surface area contributed by atoms with Crippen molar-refractivity contribution in [2.45, 2.75) is 52.0 Å². The van der Waals surface area contributed by atoms with Gasteiger partial charge in [0.2, 0.25) is 0 Å². The molecule has 0 spiro atoms. The summed E-state index contributed by atoms with van der Waals surface area (Å²) < 4.78 is 0. The molecule has 90 valence electrons. The summed E-state index contributed by atoms with van der Waals surface area (Å²) in [5.74, 6) is 0.666. The topological polar surface area (TPSA) is 12.0 Å². The lowest BCUT2D eigenvalue weighted by molar-refractivity contribution is 0.230. The molecule has 0 aromatic carbocycles. The number of hydrogen-bond donors (Lipinski definition) is 1. The maximum Gasteiger partial charge on any atom is 0.0468 e. The SMILES string of the molecule is Cc1sccc1C1(C(C)C)CCCCCN1. The van der Waals surface area contributed by atoms with Crippen LogP contribution < -0.4 is 5.32 Å². The Bertz CT molecular complexity index is 332. The normalized spacial score (nSPS) is 27.0. The minimum atomic E-state index is 0.237. The quantitative estimate of drug-likeness (QED) is 0.817. The smallest absolute Gasteiger partial charge is 0.0468 e. The van der Waals surface area contributed by atoms with Gasteiger partial charge in [0.25, 0.3) is 0 Å². The van der Waals surface area contributed by atoms with Gasteiger partial charge in [-0.2, -0.15) is 0 Å². The van der Waals surface area contributed by atoms with Crippen molar-refractivity contribution >= 4 is 11.3 Å². The van der Waals surface area contributed by atoms with Gasteiger partial charge in [0.1, 0.15) is 0 Å². The number of hydrogen-bond acceptors (Lipinski definition) is 2. The van der Waals surface area contributed by atoms with E-state index >= 15 is 0 Å². The summed E-state index contributed by atoms with van der Waals surface area (Å²) in [6, 6.07) is 2.33. The molecule has 2 rings (SSSR count). The zero-order valence-electron chi connectivity index (χ0n) is 10.7. The molecule has 0 aliphatic carbocycles. The van der Waals surface area contributed by atoms with Gasteiger partial charge in [0.15, 0.2) is 0 Å². The van der Waals surface area contributed by atoms with Gasteiger partial charge >= 0.3 is 0 Å². The molecule has 1 aliphatic rings. The Kier molecular flexibility index (Phi) is 3.70. The summed E-state index contributed by atoms with van der Waals surface area (Å²) in [6.07, 6.45) is 5.37. The van der Waals surface area contributed by atoms with Gasteiger partial charge in [0.05, 0.1) is 0 Å². The summed E-state index contributed by atoms with van der Waals surface area (Å²) in [5.41, 5.74) is 1.79. The molecule has 16 heavy (non-hydrogen) atoms. The maximum atomic E-state index is 3.84. The first kappa shape index (κ1) is 12.1. The van der Waals surface area contributed by atoms with Crippen LogP contribution in [-0.4, -0.2) is 6.54 Å². The van der Waals surface area contributed by atoms with Gasteiger partial charge in [-0.3, -0.25) is 0 Å². The van der Waals surface area contributed by atoms with Crippen LogP contribution in [0.5, 0.6) is 0 Å². The van der Waals surface area contributed by atoms with E-state index in [1.807, 2.05) is 11.3 Å². The Morgan fingerprint density at radius 2 is 2.12 bits per heavy atom. The molecule has 1 aromatic heterocycles. The second-order valence-corrected chi connectivity index (χ2v) is 6.37. The Morgan fingerprint density at radius 3 is 2.75 bits per heavy atom. The molecule has 2 heteroatoms. The highest BCUT2D eigenvalue weighted by Gasteiger charge is 2.37. The Balaban J connectivity index is 2.38. The Hall–Kier alpha value is -0.340. The zero-order valence-corrected chi connectivity index (χ0v) is 11.5. The fraction of sp³-hybridized carbons (Fsp3) is 0.714. The lowest BCUT2D eigenvalue weighted by Gasteiger charge is -2.38. The molecule has 0 amide bonds. The average Bonchev–Trinajstić information content (AvgIpc) is 2.55. The molecule has 1 N–H and O–H groups in total. The van der Waals surface area contributed by atoms with E-state index in [9.17, 15) is 0 Å². The van der Waals surface area contributed by atoms with Crippen molar-refractivity contribution in [3.05, 3.63) is 21.9 Å². The molecule has 0 saturated carbocycles. The van der Waals surface area contributed by atoms with E-state index in [1.54, 1.807) is 5.56 Å². The highest BCUT2D eigenvalue weighted by atomic mass is 32.1. The minimum absolute atomic E-state index is 0.237. The maximum absolute atomic E-state index is 3.84. The van der Waals surface area contributed by atoms with Gasteiger partial charge in [-0.05, 0) is 49.2 Å². The van der Waals surface area contributed by atoms with Crippen molar-refractivity contribution in [2.75, 3.05) is 6.54 Å². The standard InChI is InChI=1S/C14H23NS/c1-11(2)14(8-5-4-6-9-15-14)13-7-10-16-12(13)3/h7,10-11,15H,4-6,8-9H2,1-3H3. The molecule has 1 fully saturated rings. The summed E-state index contributed by atoms with van der Waals surface area (Å²) in [4.78, 5) is 1.49. The van der Waals surface area contributed by atoms with Gasteiger partial charge in [0, 0.05) is 10.4 Å². The van der Waals surface area contributed by atoms with Gasteiger partial charge < -0.3 is 5.32 Å². The third kappa shape index (κ3) is 2.05. The van der Waals surface area contributed by atoms with Crippen LogP contribution in [0.2, 0.25) is 0 Å². The van der Waals surface area contributed by atoms with E-state index in [-0.39, 0.29) is 5.54 Å². The first-order chi connectivity index (χ1) is 7.67. The lowest BCUT2D eigenvalue weighted by Crippen LogP contribution is -2.46. The molecule has 0 bridgehead atoms. The first-order valence-corrected chi connectivity index (χ1v) is 7.34. The molecule has 0 radical (unpaired) electrons. The molecule has 1 atom stereocenters. The third-order valence-corrected chi connectivity index (χ3v) is 4.86. The summed E-state index contributed by atoms with van der Waals surface area (Å²) >= 11 is 1.88.